The highest BCUT2D eigenvalue weighted by atomic mass is 127. The first-order valence-electron chi connectivity index (χ1n) is 10.7. The van der Waals surface area contributed by atoms with Crippen LogP contribution in [0, 0.1) is 9.39 Å². The molecule has 0 fully saturated rings. The van der Waals surface area contributed by atoms with E-state index in [0.29, 0.717) is 23.4 Å². The summed E-state index contributed by atoms with van der Waals surface area (Å²) in [6, 6.07) is 19.8. The normalized spacial score (nSPS) is 10.7. The van der Waals surface area contributed by atoms with Crippen LogP contribution in [0.15, 0.2) is 72.1 Å². The maximum atomic E-state index is 14.2. The van der Waals surface area contributed by atoms with Gasteiger partial charge < -0.3 is 15.7 Å². The molecule has 178 valence electrons. The number of benzene rings is 3. The van der Waals surface area contributed by atoms with Crippen LogP contribution in [0.2, 0.25) is 0 Å². The Kier molecular flexibility index (Phi) is 8.09. The van der Waals surface area contributed by atoms with E-state index in [-0.39, 0.29) is 24.7 Å². The molecule has 35 heavy (non-hydrogen) atoms. The van der Waals surface area contributed by atoms with E-state index < -0.39 is 5.97 Å². The summed E-state index contributed by atoms with van der Waals surface area (Å²) in [7, 11) is 0. The van der Waals surface area contributed by atoms with Gasteiger partial charge in [0, 0.05) is 44.4 Å². The number of carbonyl (C=O) groups is 2. The van der Waals surface area contributed by atoms with Crippen molar-refractivity contribution in [3.8, 4) is 21.8 Å². The number of carboxylic acid groups (broad SMARTS) is 1. The zero-order valence-electron chi connectivity index (χ0n) is 18.4. The third-order valence-corrected chi connectivity index (χ3v) is 6.74. The highest BCUT2D eigenvalue weighted by Crippen LogP contribution is 2.35. The molecule has 0 unspecified atom stereocenters. The molecule has 0 atom stereocenters. The van der Waals surface area contributed by atoms with Crippen molar-refractivity contribution in [2.24, 2.45) is 0 Å². The van der Waals surface area contributed by atoms with Gasteiger partial charge >= 0.3 is 5.97 Å². The van der Waals surface area contributed by atoms with Crippen molar-refractivity contribution >= 4 is 51.5 Å². The van der Waals surface area contributed by atoms with Crippen molar-refractivity contribution in [3.63, 3.8) is 0 Å². The molecule has 0 saturated carbocycles. The molecule has 1 heterocycles. The predicted molar refractivity (Wildman–Crippen MR) is 144 cm³/mol. The number of nitrogens with zero attached hydrogens (tertiary/aromatic N) is 1. The quantitative estimate of drug-likeness (QED) is 0.204. The fourth-order valence-corrected chi connectivity index (χ4v) is 4.73. The molecule has 0 aliphatic heterocycles. The highest BCUT2D eigenvalue weighted by molar-refractivity contribution is 14.1. The molecule has 0 bridgehead atoms. The van der Waals surface area contributed by atoms with Crippen LogP contribution in [0.4, 0.5) is 10.1 Å². The molecule has 0 spiro atoms. The average Bonchev–Trinajstić information content (AvgIpc) is 3.33. The molecular formula is C26H21FIN3O3S. The van der Waals surface area contributed by atoms with Gasteiger partial charge in [-0.15, -0.1) is 11.3 Å². The number of carboxylic acids is 1. The molecule has 0 aliphatic carbocycles. The van der Waals surface area contributed by atoms with E-state index >= 15 is 0 Å². The second-order valence-corrected chi connectivity index (χ2v) is 9.76. The van der Waals surface area contributed by atoms with E-state index in [1.54, 1.807) is 30.3 Å². The summed E-state index contributed by atoms with van der Waals surface area (Å²) >= 11 is 3.72. The van der Waals surface area contributed by atoms with Crippen LogP contribution in [-0.2, 0) is 11.3 Å². The van der Waals surface area contributed by atoms with Crippen LogP contribution >= 0.6 is 33.9 Å². The number of aromatic nitrogens is 1. The van der Waals surface area contributed by atoms with Crippen LogP contribution in [0.3, 0.4) is 0 Å². The van der Waals surface area contributed by atoms with Gasteiger partial charge in [0.1, 0.15) is 10.8 Å². The number of carbonyl (C=O) groups excluding carboxylic acids is 1. The zero-order chi connectivity index (χ0) is 24.8. The molecule has 1 aromatic heterocycles. The van der Waals surface area contributed by atoms with Crippen molar-refractivity contribution in [3.05, 3.63) is 92.6 Å². The summed E-state index contributed by atoms with van der Waals surface area (Å²) in [4.78, 5) is 27.4. The number of anilines is 1. The number of amides is 1. The highest BCUT2D eigenvalue weighted by Gasteiger charge is 2.14. The molecule has 0 aliphatic rings. The van der Waals surface area contributed by atoms with Crippen LogP contribution in [0.1, 0.15) is 22.3 Å². The fraction of sp³-hybridized carbons (Fsp3) is 0.115. The first-order valence-corrected chi connectivity index (χ1v) is 12.7. The summed E-state index contributed by atoms with van der Waals surface area (Å²) < 4.78 is 15.3. The van der Waals surface area contributed by atoms with Crippen molar-refractivity contribution in [1.29, 1.82) is 0 Å². The Labute approximate surface area is 219 Å². The van der Waals surface area contributed by atoms with Crippen molar-refractivity contribution in [2.45, 2.75) is 13.0 Å². The second-order valence-electron chi connectivity index (χ2n) is 7.66. The van der Waals surface area contributed by atoms with Crippen LogP contribution in [0.25, 0.3) is 21.8 Å². The molecule has 3 N–H and O–H groups in total. The molecule has 9 heteroatoms. The van der Waals surface area contributed by atoms with E-state index in [1.165, 1.54) is 17.4 Å². The number of nitrogens with one attached hydrogen (secondary N) is 2. The lowest BCUT2D eigenvalue weighted by atomic mass is 10.1. The van der Waals surface area contributed by atoms with E-state index in [0.717, 1.165) is 25.4 Å². The summed E-state index contributed by atoms with van der Waals surface area (Å²) in [6.45, 7) is 0.614. The zero-order valence-corrected chi connectivity index (χ0v) is 21.4. The molecular weight excluding hydrogens is 580 g/mol. The molecule has 4 aromatic rings. The van der Waals surface area contributed by atoms with Gasteiger partial charge in [-0.2, -0.15) is 0 Å². The standard InChI is InChI=1S/C26H21FIN3O3S/c27-21-4-2-1-3-19(21)23-15-35-26(31-23)20-13-18(28)9-10-22(20)30-14-16-5-7-17(8-6-16)25(34)29-12-11-24(32)33/h1-10,13,15,30H,11-12,14H2,(H,29,34)(H,32,33). The predicted octanol–water partition coefficient (Wildman–Crippen LogP) is 6.04. The Morgan fingerprint density at radius 2 is 1.80 bits per heavy atom. The molecule has 1 amide bonds. The monoisotopic (exact) mass is 601 g/mol. The summed E-state index contributed by atoms with van der Waals surface area (Å²) in [5, 5.41) is 17.4. The third kappa shape index (κ3) is 6.43. The number of rotatable bonds is 9. The van der Waals surface area contributed by atoms with E-state index in [1.807, 2.05) is 35.7 Å². The average molecular weight is 601 g/mol. The molecule has 3 aromatic carbocycles. The Hall–Kier alpha value is -3.31. The van der Waals surface area contributed by atoms with Crippen molar-refractivity contribution in [2.75, 3.05) is 11.9 Å². The van der Waals surface area contributed by atoms with Gasteiger partial charge in [0.15, 0.2) is 0 Å². The smallest absolute Gasteiger partial charge is 0.305 e. The largest absolute Gasteiger partial charge is 0.481 e. The van der Waals surface area contributed by atoms with Crippen LogP contribution in [-0.4, -0.2) is 28.5 Å². The van der Waals surface area contributed by atoms with Gasteiger partial charge in [-0.1, -0.05) is 24.3 Å². The van der Waals surface area contributed by atoms with Gasteiger partial charge in [-0.25, -0.2) is 9.37 Å². The number of aliphatic carboxylic acids is 1. The van der Waals surface area contributed by atoms with Gasteiger partial charge in [-0.05, 0) is 70.6 Å². The van der Waals surface area contributed by atoms with Crippen LogP contribution < -0.4 is 10.6 Å². The second kappa shape index (κ2) is 11.4. The number of thiazole rings is 1. The lowest BCUT2D eigenvalue weighted by molar-refractivity contribution is -0.136. The molecule has 0 radical (unpaired) electrons. The summed E-state index contributed by atoms with van der Waals surface area (Å²) in [5.41, 5.74) is 4.35. The van der Waals surface area contributed by atoms with Crippen LogP contribution in [0.5, 0.6) is 0 Å². The fourth-order valence-electron chi connectivity index (χ4n) is 3.39. The lowest BCUT2D eigenvalue weighted by Gasteiger charge is -2.12. The third-order valence-electron chi connectivity index (χ3n) is 5.19. The maximum Gasteiger partial charge on any atom is 0.305 e. The van der Waals surface area contributed by atoms with Gasteiger partial charge in [-0.3, -0.25) is 9.59 Å². The molecule has 6 nitrogen and oxygen atoms in total. The summed E-state index contributed by atoms with van der Waals surface area (Å²) in [5.74, 6) is -1.56. The molecule has 0 saturated heterocycles. The van der Waals surface area contributed by atoms with Gasteiger partial charge in [0.05, 0.1) is 12.1 Å². The Morgan fingerprint density at radius 3 is 2.54 bits per heavy atom. The van der Waals surface area contributed by atoms with E-state index in [2.05, 4.69) is 38.2 Å². The first-order chi connectivity index (χ1) is 16.9. The Bertz CT molecular complexity index is 1360. The van der Waals surface area contributed by atoms with E-state index in [9.17, 15) is 14.0 Å². The Morgan fingerprint density at radius 1 is 1.03 bits per heavy atom. The minimum atomic E-state index is -0.956. The number of hydrogen-bond acceptors (Lipinski definition) is 5. The minimum absolute atomic E-state index is 0.0858. The van der Waals surface area contributed by atoms with Crippen molar-refractivity contribution in [1.82, 2.24) is 10.3 Å². The van der Waals surface area contributed by atoms with Gasteiger partial charge in [0.25, 0.3) is 5.91 Å². The van der Waals surface area contributed by atoms with Gasteiger partial charge in [0.2, 0.25) is 0 Å². The SMILES string of the molecule is O=C(O)CCNC(=O)c1ccc(CNc2ccc(I)cc2-c2nc(-c3ccccc3F)cs2)cc1. The number of halogens is 2. The summed E-state index contributed by atoms with van der Waals surface area (Å²) in [6.07, 6.45) is -0.118. The lowest BCUT2D eigenvalue weighted by Crippen LogP contribution is -2.25. The number of hydrogen-bond donors (Lipinski definition) is 3. The Balaban J connectivity index is 1.46. The minimum Gasteiger partial charge on any atom is -0.481 e. The topological polar surface area (TPSA) is 91.3 Å². The van der Waals surface area contributed by atoms with Crippen molar-refractivity contribution < 1.29 is 19.1 Å². The maximum absolute atomic E-state index is 14.2. The first kappa shape index (κ1) is 24.8. The van der Waals surface area contributed by atoms with E-state index in [4.69, 9.17) is 5.11 Å². The molecule has 4 rings (SSSR count).